The Morgan fingerprint density at radius 2 is 1.53 bits per heavy atom. The predicted octanol–water partition coefficient (Wildman–Crippen LogP) is 3.21. The molecule has 0 heterocycles. The lowest BCUT2D eigenvalue weighted by Gasteiger charge is -2.29. The molecule has 0 aliphatic carbocycles. The van der Waals surface area contributed by atoms with Gasteiger partial charge in [0.2, 0.25) is 11.6 Å². The summed E-state index contributed by atoms with van der Waals surface area (Å²) >= 11 is 0. The lowest BCUT2D eigenvalue weighted by molar-refractivity contribution is -0.247. The van der Waals surface area contributed by atoms with Gasteiger partial charge in [0, 0.05) is 11.5 Å². The number of aryl methyl sites for hydroxylation is 1. The number of ketones is 2. The fourth-order valence-electron chi connectivity index (χ4n) is 2.09. The van der Waals surface area contributed by atoms with Crippen molar-refractivity contribution >= 4 is 31.8 Å². The van der Waals surface area contributed by atoms with E-state index in [1.54, 1.807) is 6.92 Å². The molecule has 0 saturated heterocycles. The average Bonchev–Trinajstić information content (AvgIpc) is 2.66. The van der Waals surface area contributed by atoms with Gasteiger partial charge in [-0.05, 0) is 37.1 Å². The van der Waals surface area contributed by atoms with E-state index >= 15 is 0 Å². The molecule has 0 amide bonds. The summed E-state index contributed by atoms with van der Waals surface area (Å²) in [5.74, 6) is -10.8. The number of carbonyl (C=O) groups excluding carboxylic acids is 2. The zero-order valence-electron chi connectivity index (χ0n) is 16.4. The Hall–Kier alpha value is -2.20. The molecule has 0 saturated carbocycles. The van der Waals surface area contributed by atoms with E-state index in [4.69, 9.17) is 4.55 Å². The SMILES string of the molecule is CCC(C)C(=O)C(=O)c1ccc(OS(=O)(=O)C(F)(F)C(F)(F)C(F)(F)S(=O)(=O)O)c(C)c1. The van der Waals surface area contributed by atoms with Gasteiger partial charge >= 0.3 is 36.7 Å². The minimum Gasteiger partial charge on any atom is -0.378 e. The van der Waals surface area contributed by atoms with Crippen molar-refractivity contribution in [3.05, 3.63) is 29.3 Å². The van der Waals surface area contributed by atoms with Crippen LogP contribution in [0.5, 0.6) is 5.75 Å². The molecule has 1 rings (SSSR count). The number of alkyl halides is 6. The summed E-state index contributed by atoms with van der Waals surface area (Å²) in [6, 6.07) is 2.07. The molecule has 0 radical (unpaired) electrons. The molecule has 0 aliphatic rings. The molecule has 1 aromatic rings. The fraction of sp³-hybridized carbons (Fsp3) is 0.500. The minimum absolute atomic E-state index is 0.306. The maximum atomic E-state index is 13.8. The van der Waals surface area contributed by atoms with Gasteiger partial charge in [-0.3, -0.25) is 14.1 Å². The van der Waals surface area contributed by atoms with Crippen molar-refractivity contribution in [3.63, 3.8) is 0 Å². The van der Waals surface area contributed by atoms with Crippen molar-refractivity contribution in [1.82, 2.24) is 0 Å². The molecule has 0 fully saturated rings. The van der Waals surface area contributed by atoms with Crippen LogP contribution in [0.2, 0.25) is 0 Å². The van der Waals surface area contributed by atoms with Crippen LogP contribution < -0.4 is 4.18 Å². The standard InChI is InChI=1S/C16H16F6O8S2/c1-4-8(2)12(23)13(24)10-5-6-11(9(3)7-10)30-32(28,29)16(21,22)14(17,18)15(19,20)31(25,26)27/h5-8H,4H2,1-3H3,(H,25,26,27). The molecule has 0 aliphatic heterocycles. The van der Waals surface area contributed by atoms with Crippen LogP contribution >= 0.6 is 0 Å². The summed E-state index contributed by atoms with van der Waals surface area (Å²) < 4.78 is 137. The van der Waals surface area contributed by atoms with Gasteiger partial charge in [0.05, 0.1) is 0 Å². The van der Waals surface area contributed by atoms with Gasteiger partial charge in [-0.25, -0.2) is 0 Å². The maximum absolute atomic E-state index is 13.8. The van der Waals surface area contributed by atoms with Crippen molar-refractivity contribution in [2.24, 2.45) is 5.92 Å². The maximum Gasteiger partial charge on any atom is 0.450 e. The first kappa shape index (κ1) is 27.8. The van der Waals surface area contributed by atoms with E-state index in [0.29, 0.717) is 12.5 Å². The molecule has 0 bridgehead atoms. The number of hydrogen-bond donors (Lipinski definition) is 1. The molecule has 0 aromatic heterocycles. The van der Waals surface area contributed by atoms with E-state index in [2.05, 4.69) is 4.18 Å². The third-order valence-corrected chi connectivity index (χ3v) is 6.48. The van der Waals surface area contributed by atoms with Crippen molar-refractivity contribution in [2.75, 3.05) is 0 Å². The van der Waals surface area contributed by atoms with E-state index in [0.717, 1.165) is 19.1 Å². The highest BCUT2D eigenvalue weighted by atomic mass is 32.2. The van der Waals surface area contributed by atoms with Crippen LogP contribution in [0.1, 0.15) is 36.2 Å². The second-order valence-corrected chi connectivity index (χ2v) is 9.65. The molecular weight excluding hydrogens is 498 g/mol. The zero-order chi connectivity index (χ0) is 25.5. The van der Waals surface area contributed by atoms with Crippen LogP contribution in [-0.4, -0.2) is 49.4 Å². The van der Waals surface area contributed by atoms with Gasteiger partial charge < -0.3 is 4.18 Å². The Kier molecular flexibility index (Phi) is 7.50. The van der Waals surface area contributed by atoms with Crippen molar-refractivity contribution < 1.29 is 61.5 Å². The molecule has 8 nitrogen and oxygen atoms in total. The highest BCUT2D eigenvalue weighted by Crippen LogP contribution is 2.51. The molecule has 0 spiro atoms. The summed E-state index contributed by atoms with van der Waals surface area (Å²) in [6.45, 7) is 4.02. The van der Waals surface area contributed by atoms with Gasteiger partial charge in [-0.2, -0.15) is 43.2 Å². The number of hydrogen-bond acceptors (Lipinski definition) is 7. The number of Topliss-reactive ketones (excluding diaryl/α,β-unsaturated/α-hetero) is 2. The van der Waals surface area contributed by atoms with E-state index < -0.39 is 65.5 Å². The second kappa shape index (κ2) is 8.62. The Bertz CT molecular complexity index is 1130. The Morgan fingerprint density at radius 1 is 1.03 bits per heavy atom. The normalized spacial score (nSPS) is 14.7. The van der Waals surface area contributed by atoms with Crippen LogP contribution in [0.3, 0.4) is 0 Å². The van der Waals surface area contributed by atoms with Gasteiger partial charge in [0.25, 0.3) is 0 Å². The van der Waals surface area contributed by atoms with E-state index in [1.807, 2.05) is 0 Å². The first-order valence-electron chi connectivity index (χ1n) is 8.39. The van der Waals surface area contributed by atoms with Crippen molar-refractivity contribution in [1.29, 1.82) is 0 Å². The Balaban J connectivity index is 3.37. The molecule has 182 valence electrons. The third kappa shape index (κ3) is 4.61. The van der Waals surface area contributed by atoms with Crippen LogP contribution in [-0.2, 0) is 25.0 Å². The lowest BCUT2D eigenvalue weighted by Crippen LogP contribution is -2.61. The number of benzene rings is 1. The van der Waals surface area contributed by atoms with Gasteiger partial charge in [0.1, 0.15) is 5.75 Å². The van der Waals surface area contributed by atoms with Crippen LogP contribution in [0.4, 0.5) is 26.3 Å². The fourth-order valence-corrected chi connectivity index (χ4v) is 3.58. The summed E-state index contributed by atoms with van der Waals surface area (Å²) in [4.78, 5) is 24.0. The zero-order valence-corrected chi connectivity index (χ0v) is 18.0. The number of rotatable bonds is 10. The Labute approximate surface area is 178 Å². The first-order chi connectivity index (χ1) is 14.2. The predicted molar refractivity (Wildman–Crippen MR) is 95.9 cm³/mol. The summed E-state index contributed by atoms with van der Waals surface area (Å²) in [5, 5.41) is -13.7. The molecule has 16 heteroatoms. The number of halogens is 6. The number of carbonyl (C=O) groups is 2. The molecule has 1 aromatic carbocycles. The summed E-state index contributed by atoms with van der Waals surface area (Å²) in [7, 11) is -14.2. The van der Waals surface area contributed by atoms with Crippen molar-refractivity contribution in [2.45, 2.75) is 43.6 Å². The molecule has 1 atom stereocenters. The van der Waals surface area contributed by atoms with Crippen molar-refractivity contribution in [3.8, 4) is 5.75 Å². The highest BCUT2D eigenvalue weighted by Gasteiger charge is 2.83. The summed E-state index contributed by atoms with van der Waals surface area (Å²) in [5.41, 5.74) is -0.774. The molecule has 1 unspecified atom stereocenters. The van der Waals surface area contributed by atoms with Gasteiger partial charge in [-0.15, -0.1) is 0 Å². The van der Waals surface area contributed by atoms with Gasteiger partial charge in [-0.1, -0.05) is 13.8 Å². The van der Waals surface area contributed by atoms with Gasteiger partial charge in [0.15, 0.2) is 0 Å². The van der Waals surface area contributed by atoms with E-state index in [1.165, 1.54) is 6.92 Å². The molecular formula is C16H16F6O8S2. The Morgan fingerprint density at radius 3 is 1.94 bits per heavy atom. The monoisotopic (exact) mass is 514 g/mol. The second-order valence-electron chi connectivity index (χ2n) is 6.60. The minimum atomic E-state index is -7.17. The highest BCUT2D eigenvalue weighted by molar-refractivity contribution is 7.88. The molecule has 1 N–H and O–H groups in total. The van der Waals surface area contributed by atoms with Crippen LogP contribution in [0.15, 0.2) is 18.2 Å². The lowest BCUT2D eigenvalue weighted by atomic mass is 9.95. The largest absolute Gasteiger partial charge is 0.450 e. The first-order valence-corrected chi connectivity index (χ1v) is 11.2. The van der Waals surface area contributed by atoms with Crippen LogP contribution in [0, 0.1) is 12.8 Å². The quantitative estimate of drug-likeness (QED) is 0.166. The third-order valence-electron chi connectivity index (χ3n) is 4.29. The topological polar surface area (TPSA) is 132 Å². The van der Waals surface area contributed by atoms with E-state index in [9.17, 15) is 52.8 Å². The van der Waals surface area contributed by atoms with Crippen LogP contribution in [0.25, 0.3) is 0 Å². The molecule has 32 heavy (non-hydrogen) atoms. The van der Waals surface area contributed by atoms with E-state index in [-0.39, 0.29) is 5.56 Å². The average molecular weight is 514 g/mol. The summed E-state index contributed by atoms with van der Waals surface area (Å²) in [6.07, 6.45) is 0.306. The smallest absolute Gasteiger partial charge is 0.378 e.